The quantitative estimate of drug-likeness (QED) is 0.0156. The predicted molar refractivity (Wildman–Crippen MR) is 253 cm³/mol. The normalized spacial score (nSPS) is 15.2. The number of rotatable bonds is 38. The number of allylic oxidation sites excluding steroid dienone is 18. The Morgan fingerprint density at radius 1 is 0.590 bits per heavy atom. The van der Waals surface area contributed by atoms with Crippen molar-refractivity contribution in [2.75, 3.05) is 47.5 Å². The number of carbonyl (C=O) groups is 2. The number of aliphatic hydroxyl groups excluding tert-OH is 1. The first-order chi connectivity index (χ1) is 29.4. The van der Waals surface area contributed by atoms with Crippen molar-refractivity contribution in [3.63, 3.8) is 0 Å². The summed E-state index contributed by atoms with van der Waals surface area (Å²) < 4.78 is 34.2. The fraction of sp³-hybridized carbons (Fsp3) is 0.560. The summed E-state index contributed by atoms with van der Waals surface area (Å²) in [6.07, 6.45) is 53.1. The van der Waals surface area contributed by atoms with Crippen LogP contribution in [0.4, 0.5) is 0 Å². The molecule has 2 unspecified atom stereocenters. The van der Waals surface area contributed by atoms with Gasteiger partial charge in [-0.15, -0.1) is 0 Å². The zero-order valence-electron chi connectivity index (χ0n) is 38.2. The smallest absolute Gasteiger partial charge is 0.462 e. The number of phosphoric acid groups is 1. The van der Waals surface area contributed by atoms with Crippen LogP contribution in [0.2, 0.25) is 0 Å². The SMILES string of the molecule is CC/C=C\C/C=C\C/C=C\C/C=C\C/C=C\CCCCCC(=O)O[C@H](COC(=O)CCC/C=C\C/C=C\C/C=C\C=C\CC(O)/C=C\CC)COP(=O)(O)OCC[N+](C)(C)C. The number of nitrogens with zero attached hydrogens (tertiary/aromatic N) is 1. The third kappa shape index (κ3) is 44.2. The molecule has 0 radical (unpaired) electrons. The van der Waals surface area contributed by atoms with Crippen molar-refractivity contribution in [3.8, 4) is 0 Å². The molecule has 0 saturated carbocycles. The lowest BCUT2D eigenvalue weighted by Gasteiger charge is -2.24. The second-order valence-corrected chi connectivity index (χ2v) is 17.0. The summed E-state index contributed by atoms with van der Waals surface area (Å²) in [6.45, 7) is 3.91. The van der Waals surface area contributed by atoms with Crippen LogP contribution >= 0.6 is 7.82 Å². The molecule has 10 nitrogen and oxygen atoms in total. The molecule has 344 valence electrons. The summed E-state index contributed by atoms with van der Waals surface area (Å²) in [7, 11) is 1.37. The van der Waals surface area contributed by atoms with Crippen LogP contribution in [0.15, 0.2) is 122 Å². The zero-order chi connectivity index (χ0) is 45.1. The van der Waals surface area contributed by atoms with E-state index in [9.17, 15) is 24.2 Å². The molecule has 0 aliphatic heterocycles. The van der Waals surface area contributed by atoms with Crippen LogP contribution in [0.1, 0.15) is 123 Å². The number of unbranched alkanes of at least 4 members (excludes halogenated alkanes) is 4. The Hall–Kier alpha value is -3.63. The number of hydrogen-bond donors (Lipinski definition) is 2. The molecule has 0 aliphatic carbocycles. The van der Waals surface area contributed by atoms with Crippen molar-refractivity contribution < 1.29 is 47.2 Å². The van der Waals surface area contributed by atoms with Crippen LogP contribution in [0.3, 0.4) is 0 Å². The van der Waals surface area contributed by atoms with Crippen LogP contribution in [-0.2, 0) is 32.7 Å². The third-order valence-electron chi connectivity index (χ3n) is 8.56. The number of quaternary nitrogens is 1. The van der Waals surface area contributed by atoms with Crippen LogP contribution in [0.5, 0.6) is 0 Å². The van der Waals surface area contributed by atoms with E-state index in [0.717, 1.165) is 70.6 Å². The Bertz CT molecular complexity index is 1460. The lowest BCUT2D eigenvalue weighted by Crippen LogP contribution is -2.37. The molecule has 11 heteroatoms. The average molecular weight is 871 g/mol. The Morgan fingerprint density at radius 2 is 1.10 bits per heavy atom. The van der Waals surface area contributed by atoms with E-state index in [1.54, 1.807) is 0 Å². The minimum atomic E-state index is -4.42. The van der Waals surface area contributed by atoms with Crippen LogP contribution in [0.25, 0.3) is 0 Å². The van der Waals surface area contributed by atoms with Gasteiger partial charge in [-0.3, -0.25) is 18.6 Å². The molecular formula is C50H81NO9P+. The van der Waals surface area contributed by atoms with E-state index in [2.05, 4.69) is 85.9 Å². The van der Waals surface area contributed by atoms with Crippen molar-refractivity contribution >= 4 is 19.8 Å². The van der Waals surface area contributed by atoms with E-state index in [1.807, 2.05) is 70.6 Å². The van der Waals surface area contributed by atoms with Gasteiger partial charge in [0.1, 0.15) is 19.8 Å². The topological polar surface area (TPSA) is 129 Å². The molecule has 0 aromatic rings. The first-order valence-corrected chi connectivity index (χ1v) is 23.9. The van der Waals surface area contributed by atoms with Crippen molar-refractivity contribution in [1.29, 1.82) is 0 Å². The van der Waals surface area contributed by atoms with E-state index in [-0.39, 0.29) is 26.1 Å². The fourth-order valence-corrected chi connectivity index (χ4v) is 5.84. The molecule has 0 amide bonds. The molecule has 0 heterocycles. The summed E-state index contributed by atoms with van der Waals surface area (Å²) in [6, 6.07) is 0. The number of hydrogen-bond acceptors (Lipinski definition) is 8. The second kappa shape index (κ2) is 40.4. The minimum Gasteiger partial charge on any atom is -0.462 e. The van der Waals surface area contributed by atoms with Crippen molar-refractivity contribution in [2.45, 2.75) is 135 Å². The molecule has 61 heavy (non-hydrogen) atoms. The Labute approximate surface area is 370 Å². The Balaban J connectivity index is 4.57. The van der Waals surface area contributed by atoms with Gasteiger partial charge in [-0.05, 0) is 89.9 Å². The number of ether oxygens (including phenoxy) is 2. The molecular weight excluding hydrogens is 790 g/mol. The highest BCUT2D eigenvalue weighted by atomic mass is 31.2. The van der Waals surface area contributed by atoms with Gasteiger partial charge >= 0.3 is 19.8 Å². The standard InChI is InChI=1S/C50H80NO9P/c1-6-8-10-11-12-13-14-15-16-17-18-19-20-21-26-29-32-35-38-42-50(54)60-48(46-59-61(55,56)58-44-43-51(3,4)5)45-57-49(53)41-37-34-31-28-25-23-22-24-27-30-33-36-40-47(52)39-9-7-2/h8-10,12-13,15-16,18-19,21-23,26-28,30-31,33,36,39,47-48,52H,6-7,11,14,17,20,24-25,29,32,34-35,37-38,40-46H2,1-5H3/p+1/b10-8-,13-12-,16-15-,19-18-,23-22-,26-21-,30-27-,31-28-,36-33+,39-9-/t47?,48-/m1/s1. The molecule has 0 spiro atoms. The summed E-state index contributed by atoms with van der Waals surface area (Å²) in [4.78, 5) is 35.4. The van der Waals surface area contributed by atoms with Gasteiger partial charge in [0, 0.05) is 12.8 Å². The van der Waals surface area contributed by atoms with E-state index in [1.165, 1.54) is 0 Å². The highest BCUT2D eigenvalue weighted by molar-refractivity contribution is 7.47. The minimum absolute atomic E-state index is 0.00106. The number of phosphoric ester groups is 1. The number of likely N-dealkylation sites (N-methyl/N-ethyl adjacent to an activating group) is 1. The first kappa shape index (κ1) is 57.4. The van der Waals surface area contributed by atoms with Crippen molar-refractivity contribution in [1.82, 2.24) is 0 Å². The van der Waals surface area contributed by atoms with Gasteiger partial charge in [-0.2, -0.15) is 0 Å². The molecule has 0 aromatic heterocycles. The van der Waals surface area contributed by atoms with Crippen molar-refractivity contribution in [2.24, 2.45) is 0 Å². The average Bonchev–Trinajstić information content (AvgIpc) is 3.21. The van der Waals surface area contributed by atoms with E-state index < -0.39 is 38.6 Å². The van der Waals surface area contributed by atoms with Gasteiger partial charge in [0.05, 0.1) is 33.9 Å². The molecule has 0 bridgehead atoms. The Kier molecular flexibility index (Phi) is 38.0. The summed E-state index contributed by atoms with van der Waals surface area (Å²) in [5.74, 6) is -0.944. The van der Waals surface area contributed by atoms with E-state index in [4.69, 9.17) is 18.5 Å². The molecule has 0 saturated heterocycles. The summed E-state index contributed by atoms with van der Waals surface area (Å²) >= 11 is 0. The maximum atomic E-state index is 12.7. The molecule has 0 fully saturated rings. The van der Waals surface area contributed by atoms with Crippen LogP contribution in [-0.4, -0.2) is 86.1 Å². The van der Waals surface area contributed by atoms with Gasteiger partial charge in [0.25, 0.3) is 0 Å². The monoisotopic (exact) mass is 871 g/mol. The largest absolute Gasteiger partial charge is 0.472 e. The van der Waals surface area contributed by atoms with Crippen molar-refractivity contribution in [3.05, 3.63) is 122 Å². The molecule has 0 aliphatic rings. The second-order valence-electron chi connectivity index (χ2n) is 15.5. The zero-order valence-corrected chi connectivity index (χ0v) is 39.1. The molecule has 2 N–H and O–H groups in total. The summed E-state index contributed by atoms with van der Waals surface area (Å²) in [5, 5.41) is 9.78. The van der Waals surface area contributed by atoms with Gasteiger partial charge in [0.2, 0.25) is 0 Å². The molecule has 0 rings (SSSR count). The van der Waals surface area contributed by atoms with Gasteiger partial charge in [-0.1, -0.05) is 142 Å². The van der Waals surface area contributed by atoms with E-state index in [0.29, 0.717) is 36.7 Å². The highest BCUT2D eigenvalue weighted by Gasteiger charge is 2.27. The maximum absolute atomic E-state index is 12.7. The number of carbonyl (C=O) groups excluding carboxylic acids is 2. The van der Waals surface area contributed by atoms with Gasteiger partial charge < -0.3 is 24.0 Å². The lowest BCUT2D eigenvalue weighted by atomic mass is 10.1. The van der Waals surface area contributed by atoms with Crippen LogP contribution in [0, 0.1) is 0 Å². The third-order valence-corrected chi connectivity index (χ3v) is 9.55. The number of aliphatic hydroxyl groups is 1. The van der Waals surface area contributed by atoms with Gasteiger partial charge in [-0.25, -0.2) is 4.57 Å². The van der Waals surface area contributed by atoms with Gasteiger partial charge in [0.15, 0.2) is 6.10 Å². The maximum Gasteiger partial charge on any atom is 0.472 e. The molecule has 0 aromatic carbocycles. The van der Waals surface area contributed by atoms with Crippen LogP contribution < -0.4 is 0 Å². The fourth-order valence-electron chi connectivity index (χ4n) is 5.09. The van der Waals surface area contributed by atoms with E-state index >= 15 is 0 Å². The number of esters is 2. The highest BCUT2D eigenvalue weighted by Crippen LogP contribution is 2.43. The Morgan fingerprint density at radius 3 is 1.67 bits per heavy atom. The lowest BCUT2D eigenvalue weighted by molar-refractivity contribution is -0.870. The molecule has 3 atom stereocenters. The predicted octanol–water partition coefficient (Wildman–Crippen LogP) is 11.9. The summed E-state index contributed by atoms with van der Waals surface area (Å²) in [5.41, 5.74) is 0. The first-order valence-electron chi connectivity index (χ1n) is 22.4.